The standard InChI is InChI=1S/C18H36O/c1-5-9-18(14-13-16(2)3)12-8-11-17(4)10-6-7-15-19/h15-18H,5-14H2,1-4H3/t17?,18-/m1/s1. The van der Waals surface area contributed by atoms with E-state index < -0.39 is 0 Å². The molecule has 2 atom stereocenters. The smallest absolute Gasteiger partial charge is 0.119 e. The first-order chi connectivity index (χ1) is 9.10. The van der Waals surface area contributed by atoms with E-state index in [1.807, 2.05) is 0 Å². The van der Waals surface area contributed by atoms with Crippen molar-refractivity contribution in [2.45, 2.75) is 91.9 Å². The molecule has 0 heterocycles. The lowest BCUT2D eigenvalue weighted by Crippen LogP contribution is -2.04. The molecule has 0 amide bonds. The fourth-order valence-electron chi connectivity index (χ4n) is 2.86. The summed E-state index contributed by atoms with van der Waals surface area (Å²) in [4.78, 5) is 10.3. The van der Waals surface area contributed by atoms with E-state index in [-0.39, 0.29) is 0 Å². The van der Waals surface area contributed by atoms with Gasteiger partial charge in [0.25, 0.3) is 0 Å². The number of hydrogen-bond donors (Lipinski definition) is 0. The van der Waals surface area contributed by atoms with E-state index in [1.165, 1.54) is 51.4 Å². The van der Waals surface area contributed by atoms with Gasteiger partial charge in [0.1, 0.15) is 6.29 Å². The molecule has 1 nitrogen and oxygen atoms in total. The van der Waals surface area contributed by atoms with Crippen LogP contribution < -0.4 is 0 Å². The van der Waals surface area contributed by atoms with Crippen LogP contribution in [0, 0.1) is 17.8 Å². The number of unbranched alkanes of at least 4 members (excludes halogenated alkanes) is 1. The summed E-state index contributed by atoms with van der Waals surface area (Å²) in [6.45, 7) is 9.31. The maximum Gasteiger partial charge on any atom is 0.119 e. The van der Waals surface area contributed by atoms with Gasteiger partial charge < -0.3 is 4.79 Å². The number of aldehydes is 1. The zero-order valence-electron chi connectivity index (χ0n) is 13.8. The third-order valence-corrected chi connectivity index (χ3v) is 4.18. The van der Waals surface area contributed by atoms with Crippen molar-refractivity contribution in [2.75, 3.05) is 0 Å². The molecule has 1 unspecified atom stereocenters. The second-order valence-electron chi connectivity index (χ2n) is 6.76. The average Bonchev–Trinajstić information content (AvgIpc) is 2.36. The van der Waals surface area contributed by atoms with E-state index in [2.05, 4.69) is 27.7 Å². The fourth-order valence-corrected chi connectivity index (χ4v) is 2.86. The molecule has 0 aromatic carbocycles. The van der Waals surface area contributed by atoms with Crippen LogP contribution in [0.1, 0.15) is 91.9 Å². The highest BCUT2D eigenvalue weighted by molar-refractivity contribution is 5.48. The molecule has 0 fully saturated rings. The van der Waals surface area contributed by atoms with Gasteiger partial charge in [0.2, 0.25) is 0 Å². The highest BCUT2D eigenvalue weighted by Gasteiger charge is 2.10. The molecule has 0 spiro atoms. The molecule has 0 radical (unpaired) electrons. The van der Waals surface area contributed by atoms with E-state index in [1.54, 1.807) is 0 Å². The first-order valence-electron chi connectivity index (χ1n) is 8.53. The number of carbonyl (C=O) groups is 1. The summed E-state index contributed by atoms with van der Waals surface area (Å²) < 4.78 is 0. The summed E-state index contributed by atoms with van der Waals surface area (Å²) in [7, 11) is 0. The van der Waals surface area contributed by atoms with Crippen LogP contribution >= 0.6 is 0 Å². The van der Waals surface area contributed by atoms with Gasteiger partial charge in [-0.2, -0.15) is 0 Å². The van der Waals surface area contributed by atoms with Gasteiger partial charge in [-0.15, -0.1) is 0 Å². The Kier molecular flexibility index (Phi) is 12.5. The van der Waals surface area contributed by atoms with E-state index in [0.717, 1.165) is 36.9 Å². The van der Waals surface area contributed by atoms with Gasteiger partial charge in [-0.05, 0) is 24.2 Å². The molecule has 0 aromatic rings. The van der Waals surface area contributed by atoms with Crippen LogP contribution in [0.25, 0.3) is 0 Å². The summed E-state index contributed by atoms with van der Waals surface area (Å²) in [5.74, 6) is 2.60. The Hall–Kier alpha value is -0.330. The summed E-state index contributed by atoms with van der Waals surface area (Å²) in [6.07, 6.45) is 13.8. The van der Waals surface area contributed by atoms with E-state index in [4.69, 9.17) is 0 Å². The van der Waals surface area contributed by atoms with Crippen molar-refractivity contribution in [2.24, 2.45) is 17.8 Å². The molecule has 114 valence electrons. The van der Waals surface area contributed by atoms with Crippen molar-refractivity contribution in [3.63, 3.8) is 0 Å². The second kappa shape index (κ2) is 12.7. The second-order valence-corrected chi connectivity index (χ2v) is 6.76. The SMILES string of the molecule is CCC[C@H](CCCC(C)CCCC=O)CCC(C)C. The van der Waals surface area contributed by atoms with Gasteiger partial charge >= 0.3 is 0 Å². The van der Waals surface area contributed by atoms with Crippen molar-refractivity contribution in [3.05, 3.63) is 0 Å². The van der Waals surface area contributed by atoms with Crippen LogP contribution in [0.2, 0.25) is 0 Å². The Morgan fingerprint density at radius 3 is 2.11 bits per heavy atom. The van der Waals surface area contributed by atoms with Gasteiger partial charge in [-0.3, -0.25) is 0 Å². The Labute approximate surface area is 121 Å². The summed E-state index contributed by atoms with van der Waals surface area (Å²) in [6, 6.07) is 0. The van der Waals surface area contributed by atoms with Crippen molar-refractivity contribution in [3.8, 4) is 0 Å². The van der Waals surface area contributed by atoms with Crippen LogP contribution in [0.4, 0.5) is 0 Å². The summed E-state index contributed by atoms with van der Waals surface area (Å²) in [5, 5.41) is 0. The molecule has 19 heavy (non-hydrogen) atoms. The molecule has 0 saturated heterocycles. The maximum absolute atomic E-state index is 10.3. The molecule has 0 aromatic heterocycles. The molecule has 0 aliphatic heterocycles. The Balaban J connectivity index is 3.69. The molecule has 1 heteroatoms. The first kappa shape index (κ1) is 18.7. The lowest BCUT2D eigenvalue weighted by molar-refractivity contribution is -0.107. The van der Waals surface area contributed by atoms with Crippen LogP contribution in [0.3, 0.4) is 0 Å². The maximum atomic E-state index is 10.3. The molecule has 0 saturated carbocycles. The van der Waals surface area contributed by atoms with Crippen LogP contribution in [0.5, 0.6) is 0 Å². The molecule has 0 N–H and O–H groups in total. The van der Waals surface area contributed by atoms with Gasteiger partial charge in [-0.1, -0.05) is 79.1 Å². The molecule has 0 aliphatic carbocycles. The molecular weight excluding hydrogens is 232 g/mol. The molecule has 0 bridgehead atoms. The minimum Gasteiger partial charge on any atom is -0.303 e. The highest BCUT2D eigenvalue weighted by atomic mass is 16.1. The normalized spacial score (nSPS) is 14.6. The Morgan fingerprint density at radius 2 is 1.53 bits per heavy atom. The van der Waals surface area contributed by atoms with E-state index in [9.17, 15) is 4.79 Å². The zero-order valence-corrected chi connectivity index (χ0v) is 13.8. The summed E-state index contributed by atoms with van der Waals surface area (Å²) in [5.41, 5.74) is 0. The van der Waals surface area contributed by atoms with Gasteiger partial charge in [0.15, 0.2) is 0 Å². The van der Waals surface area contributed by atoms with Crippen LogP contribution in [-0.2, 0) is 4.79 Å². The van der Waals surface area contributed by atoms with Crippen LogP contribution in [0.15, 0.2) is 0 Å². The lowest BCUT2D eigenvalue weighted by atomic mass is 9.88. The minimum absolute atomic E-state index is 0.747. The Bertz CT molecular complexity index is 198. The average molecular weight is 268 g/mol. The van der Waals surface area contributed by atoms with Crippen LogP contribution in [-0.4, -0.2) is 6.29 Å². The number of carbonyl (C=O) groups excluding carboxylic acids is 1. The number of rotatable bonds is 13. The fraction of sp³-hybridized carbons (Fsp3) is 0.944. The zero-order chi connectivity index (χ0) is 14.5. The van der Waals surface area contributed by atoms with Gasteiger partial charge in [0, 0.05) is 6.42 Å². The molecule has 0 aliphatic rings. The van der Waals surface area contributed by atoms with Gasteiger partial charge in [-0.25, -0.2) is 0 Å². The monoisotopic (exact) mass is 268 g/mol. The topological polar surface area (TPSA) is 17.1 Å². The number of hydrogen-bond acceptors (Lipinski definition) is 1. The largest absolute Gasteiger partial charge is 0.303 e. The lowest BCUT2D eigenvalue weighted by Gasteiger charge is -2.18. The van der Waals surface area contributed by atoms with E-state index in [0.29, 0.717) is 0 Å². The van der Waals surface area contributed by atoms with Gasteiger partial charge in [0.05, 0.1) is 0 Å². The van der Waals surface area contributed by atoms with Crippen molar-refractivity contribution >= 4 is 6.29 Å². The molecular formula is C18H36O. The molecule has 0 rings (SSSR count). The third-order valence-electron chi connectivity index (χ3n) is 4.18. The third kappa shape index (κ3) is 12.4. The minimum atomic E-state index is 0.747. The van der Waals surface area contributed by atoms with Crippen molar-refractivity contribution in [1.29, 1.82) is 0 Å². The van der Waals surface area contributed by atoms with Crippen molar-refractivity contribution < 1.29 is 4.79 Å². The predicted octanol–water partition coefficient (Wildman–Crippen LogP) is 6.01. The summed E-state index contributed by atoms with van der Waals surface area (Å²) >= 11 is 0. The Morgan fingerprint density at radius 1 is 0.842 bits per heavy atom. The quantitative estimate of drug-likeness (QED) is 0.295. The first-order valence-corrected chi connectivity index (χ1v) is 8.53. The highest BCUT2D eigenvalue weighted by Crippen LogP contribution is 2.24. The predicted molar refractivity (Wildman–Crippen MR) is 85.4 cm³/mol. The van der Waals surface area contributed by atoms with Crippen molar-refractivity contribution in [1.82, 2.24) is 0 Å². The van der Waals surface area contributed by atoms with E-state index >= 15 is 0 Å².